The lowest BCUT2D eigenvalue weighted by Crippen LogP contribution is -2.13. The quantitative estimate of drug-likeness (QED) is 0.515. The number of hydrogen-bond acceptors (Lipinski definition) is 2. The number of carbonyl (C=O) groups is 2. The van der Waals surface area contributed by atoms with Gasteiger partial charge in [-0.3, -0.25) is 9.59 Å². The molecule has 0 aliphatic rings. The van der Waals surface area contributed by atoms with Gasteiger partial charge < -0.3 is 16.4 Å². The van der Waals surface area contributed by atoms with Crippen molar-refractivity contribution < 1.29 is 19.8 Å². The van der Waals surface area contributed by atoms with Gasteiger partial charge in [-0.05, 0) is 19.3 Å². The van der Waals surface area contributed by atoms with Crippen LogP contribution in [-0.4, -0.2) is 22.2 Å². The van der Waals surface area contributed by atoms with Gasteiger partial charge in [-0.25, -0.2) is 0 Å². The summed E-state index contributed by atoms with van der Waals surface area (Å²) in [6.07, 6.45) is 5.84. The van der Waals surface area contributed by atoms with Gasteiger partial charge >= 0.3 is 11.9 Å². The second-order valence-corrected chi connectivity index (χ2v) is 4.17. The molecule has 0 aliphatic carbocycles. The van der Waals surface area contributed by atoms with Crippen molar-refractivity contribution in [3.05, 3.63) is 0 Å². The molecule has 0 saturated carbocycles. The Labute approximate surface area is 103 Å². The Hall–Kier alpha value is -1.10. The molecule has 0 amide bonds. The Kier molecular flexibility index (Phi) is 12.2. The van der Waals surface area contributed by atoms with E-state index in [4.69, 9.17) is 10.2 Å². The molecule has 0 aliphatic heterocycles. The van der Waals surface area contributed by atoms with Crippen LogP contribution in [-0.2, 0) is 9.59 Å². The Balaban J connectivity index is 0. The molecule has 0 heterocycles. The van der Waals surface area contributed by atoms with Crippen LogP contribution in [0, 0.1) is 5.92 Å². The molecule has 0 spiro atoms. The third-order valence-electron chi connectivity index (χ3n) is 2.70. The number of unbranched alkanes of at least 4 members (excludes halogenated alkanes) is 3. The number of quaternary nitrogens is 1. The van der Waals surface area contributed by atoms with Gasteiger partial charge in [0.05, 0.1) is 5.92 Å². The summed E-state index contributed by atoms with van der Waals surface area (Å²) in [6.45, 7) is 2.05. The van der Waals surface area contributed by atoms with E-state index in [2.05, 4.69) is 0 Å². The van der Waals surface area contributed by atoms with Gasteiger partial charge in [-0.1, -0.05) is 32.6 Å². The highest BCUT2D eigenvalue weighted by Crippen LogP contribution is 2.17. The van der Waals surface area contributed by atoms with Crippen molar-refractivity contribution in [2.75, 3.05) is 0 Å². The predicted octanol–water partition coefficient (Wildman–Crippen LogP) is 3.29. The Morgan fingerprint density at radius 3 is 2.06 bits per heavy atom. The normalized spacial score (nSPS) is 11.6. The second-order valence-electron chi connectivity index (χ2n) is 4.17. The van der Waals surface area contributed by atoms with Crippen molar-refractivity contribution in [1.82, 2.24) is 6.15 Å². The van der Waals surface area contributed by atoms with E-state index in [1.807, 2.05) is 6.92 Å². The van der Waals surface area contributed by atoms with Crippen molar-refractivity contribution in [2.24, 2.45) is 5.92 Å². The van der Waals surface area contributed by atoms with Crippen LogP contribution in [0.4, 0.5) is 0 Å². The molecule has 0 aromatic heterocycles. The highest BCUT2D eigenvalue weighted by atomic mass is 16.4. The molecule has 6 N–H and O–H groups in total. The molecule has 0 aromatic carbocycles. The molecule has 0 aromatic rings. The maximum atomic E-state index is 10.9. The van der Waals surface area contributed by atoms with Crippen LogP contribution in [0.2, 0.25) is 0 Å². The molecule has 17 heavy (non-hydrogen) atoms. The number of carboxylic acid groups (broad SMARTS) is 2. The minimum absolute atomic E-state index is 0. The topological polar surface area (TPSA) is 111 Å². The molecular formula is C12H26NO4+. The summed E-state index contributed by atoms with van der Waals surface area (Å²) >= 11 is 0. The van der Waals surface area contributed by atoms with E-state index < -0.39 is 11.9 Å². The fraction of sp³-hybridized carbons (Fsp3) is 0.833. The molecule has 0 bridgehead atoms. The first kappa shape index (κ1) is 18.3. The third-order valence-corrected chi connectivity index (χ3v) is 2.70. The second kappa shape index (κ2) is 11.4. The van der Waals surface area contributed by atoms with Crippen molar-refractivity contribution >= 4 is 11.9 Å². The standard InChI is InChI=1S/C12H22O4.H3N/c1-2-3-7-10(12(15)16)8-5-4-6-9-11(13)14;/h10H,2-9H2,1H3,(H,13,14)(H,15,16);1H3/p+1. The smallest absolute Gasteiger partial charge is 0.306 e. The van der Waals surface area contributed by atoms with Gasteiger partial charge in [0, 0.05) is 6.42 Å². The van der Waals surface area contributed by atoms with Gasteiger partial charge in [0.25, 0.3) is 0 Å². The Bertz CT molecular complexity index is 219. The van der Waals surface area contributed by atoms with E-state index in [0.717, 1.165) is 32.1 Å². The fourth-order valence-corrected chi connectivity index (χ4v) is 1.69. The van der Waals surface area contributed by atoms with E-state index in [0.29, 0.717) is 12.8 Å². The fourth-order valence-electron chi connectivity index (χ4n) is 1.69. The van der Waals surface area contributed by atoms with Gasteiger partial charge in [0.1, 0.15) is 0 Å². The number of rotatable bonds is 10. The molecule has 0 fully saturated rings. The van der Waals surface area contributed by atoms with E-state index in [1.54, 1.807) is 0 Å². The zero-order valence-electron chi connectivity index (χ0n) is 10.9. The molecule has 1 atom stereocenters. The number of carboxylic acids is 2. The maximum Gasteiger partial charge on any atom is 0.306 e. The number of aliphatic carboxylic acids is 2. The molecule has 0 rings (SSSR count). The van der Waals surface area contributed by atoms with Crippen molar-refractivity contribution in [2.45, 2.75) is 58.3 Å². The first-order valence-corrected chi connectivity index (χ1v) is 6.02. The average Bonchev–Trinajstić information content (AvgIpc) is 2.21. The van der Waals surface area contributed by atoms with E-state index >= 15 is 0 Å². The molecule has 102 valence electrons. The zero-order valence-corrected chi connectivity index (χ0v) is 10.9. The first-order chi connectivity index (χ1) is 7.57. The molecule has 0 radical (unpaired) electrons. The monoisotopic (exact) mass is 248 g/mol. The lowest BCUT2D eigenvalue weighted by atomic mass is 9.95. The van der Waals surface area contributed by atoms with Crippen LogP contribution in [0.25, 0.3) is 0 Å². The summed E-state index contributed by atoms with van der Waals surface area (Å²) < 4.78 is 0. The first-order valence-electron chi connectivity index (χ1n) is 6.02. The highest BCUT2D eigenvalue weighted by Gasteiger charge is 2.15. The van der Waals surface area contributed by atoms with Crippen LogP contribution in [0.3, 0.4) is 0 Å². The van der Waals surface area contributed by atoms with E-state index in [1.165, 1.54) is 0 Å². The molecule has 1 unspecified atom stereocenters. The summed E-state index contributed by atoms with van der Waals surface area (Å²) in [4.78, 5) is 21.1. The van der Waals surface area contributed by atoms with Crippen molar-refractivity contribution in [3.8, 4) is 0 Å². The summed E-state index contributed by atoms with van der Waals surface area (Å²) in [7, 11) is 0. The van der Waals surface area contributed by atoms with Gasteiger partial charge in [-0.15, -0.1) is 0 Å². The van der Waals surface area contributed by atoms with Gasteiger partial charge in [-0.2, -0.15) is 0 Å². The summed E-state index contributed by atoms with van der Waals surface area (Å²) in [5, 5.41) is 17.4. The zero-order chi connectivity index (χ0) is 12.4. The lowest BCUT2D eigenvalue weighted by molar-refractivity contribution is -0.142. The van der Waals surface area contributed by atoms with Crippen LogP contribution in [0.15, 0.2) is 0 Å². The predicted molar refractivity (Wildman–Crippen MR) is 67.4 cm³/mol. The van der Waals surface area contributed by atoms with E-state index in [-0.39, 0.29) is 18.5 Å². The lowest BCUT2D eigenvalue weighted by Gasteiger charge is -2.10. The Morgan fingerprint density at radius 2 is 1.59 bits per heavy atom. The van der Waals surface area contributed by atoms with Crippen LogP contribution >= 0.6 is 0 Å². The Morgan fingerprint density at radius 1 is 1.00 bits per heavy atom. The third kappa shape index (κ3) is 11.2. The van der Waals surface area contributed by atoms with Gasteiger partial charge in [0.2, 0.25) is 0 Å². The maximum absolute atomic E-state index is 10.9. The molecular weight excluding hydrogens is 222 g/mol. The van der Waals surface area contributed by atoms with Crippen LogP contribution in [0.5, 0.6) is 0 Å². The van der Waals surface area contributed by atoms with E-state index in [9.17, 15) is 9.59 Å². The molecule has 5 nitrogen and oxygen atoms in total. The summed E-state index contributed by atoms with van der Waals surface area (Å²) in [5.41, 5.74) is 0. The van der Waals surface area contributed by atoms with Crippen LogP contribution in [0.1, 0.15) is 58.3 Å². The largest absolute Gasteiger partial charge is 0.481 e. The highest BCUT2D eigenvalue weighted by molar-refractivity contribution is 5.69. The summed E-state index contributed by atoms with van der Waals surface area (Å²) in [6, 6.07) is 0. The number of hydrogen-bond donors (Lipinski definition) is 3. The van der Waals surface area contributed by atoms with Gasteiger partial charge in [0.15, 0.2) is 0 Å². The summed E-state index contributed by atoms with van der Waals surface area (Å²) in [5.74, 6) is -1.74. The van der Waals surface area contributed by atoms with Crippen molar-refractivity contribution in [3.63, 3.8) is 0 Å². The minimum atomic E-state index is -0.777. The minimum Gasteiger partial charge on any atom is -0.481 e. The molecule has 0 saturated heterocycles. The molecule has 5 heteroatoms. The average molecular weight is 248 g/mol. The van der Waals surface area contributed by atoms with Crippen LogP contribution < -0.4 is 6.15 Å². The SMILES string of the molecule is CCCCC(CCCCCC(=O)O)C(=O)O.[NH4+]. The van der Waals surface area contributed by atoms with Crippen molar-refractivity contribution in [1.29, 1.82) is 0 Å².